The van der Waals surface area contributed by atoms with Crippen molar-refractivity contribution >= 4 is 5.91 Å². The molecule has 0 unspecified atom stereocenters. The Hall–Kier alpha value is -2.42. The zero-order valence-electron chi connectivity index (χ0n) is 24.5. The number of benzene rings is 2. The van der Waals surface area contributed by atoms with E-state index in [1.54, 1.807) is 11.9 Å². The van der Waals surface area contributed by atoms with Crippen LogP contribution in [0.4, 0.5) is 4.39 Å². The molecule has 2 saturated carbocycles. The number of hydrogen-bond donors (Lipinski definition) is 0. The topological polar surface area (TPSA) is 20.3 Å². The van der Waals surface area contributed by atoms with Crippen LogP contribution in [0.2, 0.25) is 0 Å². The summed E-state index contributed by atoms with van der Waals surface area (Å²) in [5, 5.41) is 0. The maximum Gasteiger partial charge on any atom is 0.245 e. The lowest BCUT2D eigenvalue weighted by Crippen LogP contribution is -2.25. The molecule has 2 aliphatic carbocycles. The number of carbonyl (C=O) groups excluding carboxylic acids is 1. The molecule has 4 rings (SSSR count). The van der Waals surface area contributed by atoms with Crippen LogP contribution in [-0.2, 0) is 11.2 Å². The number of halogens is 1. The predicted octanol–water partition coefficient (Wildman–Crippen LogP) is 9.73. The molecule has 2 aromatic carbocycles. The highest BCUT2D eigenvalue weighted by atomic mass is 19.1. The Balaban J connectivity index is 1.24. The Labute approximate surface area is 237 Å². The van der Waals surface area contributed by atoms with Gasteiger partial charge in [-0.3, -0.25) is 4.79 Å². The minimum absolute atomic E-state index is 0.0484. The van der Waals surface area contributed by atoms with E-state index in [9.17, 15) is 4.79 Å². The Morgan fingerprint density at radius 1 is 0.923 bits per heavy atom. The van der Waals surface area contributed by atoms with Gasteiger partial charge in [0.05, 0.1) is 0 Å². The molecule has 0 bridgehead atoms. The van der Waals surface area contributed by atoms with E-state index in [2.05, 4.69) is 31.7 Å². The molecule has 2 nitrogen and oxygen atoms in total. The second kappa shape index (κ2) is 14.8. The van der Waals surface area contributed by atoms with Gasteiger partial charge >= 0.3 is 0 Å². The highest BCUT2D eigenvalue weighted by molar-refractivity contribution is 5.86. The fourth-order valence-electron chi connectivity index (χ4n) is 7.21. The third-order valence-electron chi connectivity index (χ3n) is 9.79. The van der Waals surface area contributed by atoms with E-state index >= 15 is 4.39 Å². The second-order valence-corrected chi connectivity index (χ2v) is 12.4. The first-order valence-electron chi connectivity index (χ1n) is 15.7. The number of hydrogen-bond acceptors (Lipinski definition) is 1. The van der Waals surface area contributed by atoms with Crippen LogP contribution in [0.5, 0.6) is 0 Å². The summed E-state index contributed by atoms with van der Waals surface area (Å²) in [5.41, 5.74) is 4.00. The summed E-state index contributed by atoms with van der Waals surface area (Å²) in [4.78, 5) is 13.3. The third kappa shape index (κ3) is 8.29. The summed E-state index contributed by atoms with van der Waals surface area (Å²) in [6, 6.07) is 14.2. The van der Waals surface area contributed by atoms with E-state index in [0.717, 1.165) is 36.2 Å². The monoisotopic (exact) mass is 531 g/mol. The average Bonchev–Trinajstić information content (AvgIpc) is 2.97. The summed E-state index contributed by atoms with van der Waals surface area (Å²) in [6.45, 7) is 6.53. The van der Waals surface area contributed by atoms with Gasteiger partial charge in [0, 0.05) is 19.2 Å². The average molecular weight is 532 g/mol. The maximum atomic E-state index is 15.3. The number of nitrogens with zero attached hydrogens (tertiary/aromatic N) is 1. The molecule has 39 heavy (non-hydrogen) atoms. The Kier molecular flexibility index (Phi) is 11.2. The number of aryl methyl sites for hydroxylation is 1. The molecule has 0 radical (unpaired) electrons. The molecule has 3 heteroatoms. The summed E-state index contributed by atoms with van der Waals surface area (Å²) < 4.78 is 15.3. The SMILES string of the molecule is C=CC(=O)N(C)CCCc1ccc(-c2ccc(C3CCC(C4CCC(CCCCC)CC4)CC3)cc2F)cc1. The van der Waals surface area contributed by atoms with Crippen molar-refractivity contribution in [3.8, 4) is 11.1 Å². The van der Waals surface area contributed by atoms with Crippen molar-refractivity contribution in [2.75, 3.05) is 13.6 Å². The molecular formula is C36H50FNO. The zero-order valence-corrected chi connectivity index (χ0v) is 24.5. The van der Waals surface area contributed by atoms with Gasteiger partial charge in [0.1, 0.15) is 5.82 Å². The Bertz CT molecular complexity index is 1040. The molecule has 0 atom stereocenters. The van der Waals surface area contributed by atoms with Gasteiger partial charge < -0.3 is 4.90 Å². The largest absolute Gasteiger partial charge is 0.342 e. The van der Waals surface area contributed by atoms with Crippen LogP contribution in [0.3, 0.4) is 0 Å². The van der Waals surface area contributed by atoms with Gasteiger partial charge in [-0.05, 0) is 104 Å². The molecule has 0 aromatic heterocycles. The van der Waals surface area contributed by atoms with Crippen molar-refractivity contribution in [3.05, 3.63) is 72.1 Å². The second-order valence-electron chi connectivity index (χ2n) is 12.4. The van der Waals surface area contributed by atoms with Crippen molar-refractivity contribution in [2.24, 2.45) is 17.8 Å². The predicted molar refractivity (Wildman–Crippen MR) is 162 cm³/mol. The van der Waals surface area contributed by atoms with Gasteiger partial charge in [0.15, 0.2) is 0 Å². The van der Waals surface area contributed by atoms with Gasteiger partial charge in [0.2, 0.25) is 5.91 Å². The molecule has 0 saturated heterocycles. The molecule has 0 heterocycles. The molecule has 212 valence electrons. The molecule has 2 aliphatic rings. The van der Waals surface area contributed by atoms with E-state index < -0.39 is 0 Å². The lowest BCUT2D eigenvalue weighted by atomic mass is 9.68. The first-order chi connectivity index (χ1) is 19.0. The fourth-order valence-corrected chi connectivity index (χ4v) is 7.21. The highest BCUT2D eigenvalue weighted by Crippen LogP contribution is 2.45. The van der Waals surface area contributed by atoms with Gasteiger partial charge in [-0.2, -0.15) is 0 Å². The van der Waals surface area contributed by atoms with Crippen LogP contribution in [0, 0.1) is 23.6 Å². The fraction of sp³-hybridized carbons (Fsp3) is 0.583. The molecular weight excluding hydrogens is 481 g/mol. The van der Waals surface area contributed by atoms with Gasteiger partial charge in [0.25, 0.3) is 0 Å². The van der Waals surface area contributed by atoms with Crippen LogP contribution >= 0.6 is 0 Å². The Morgan fingerprint density at radius 3 is 2.21 bits per heavy atom. The lowest BCUT2D eigenvalue weighted by molar-refractivity contribution is -0.124. The van der Waals surface area contributed by atoms with Crippen LogP contribution in [0.15, 0.2) is 55.1 Å². The van der Waals surface area contributed by atoms with Crippen molar-refractivity contribution < 1.29 is 9.18 Å². The molecule has 1 amide bonds. The zero-order chi connectivity index (χ0) is 27.6. The van der Waals surface area contributed by atoms with Crippen LogP contribution in [-0.4, -0.2) is 24.4 Å². The van der Waals surface area contributed by atoms with E-state index in [1.807, 2.05) is 24.3 Å². The van der Waals surface area contributed by atoms with Crippen molar-refractivity contribution in [1.82, 2.24) is 4.90 Å². The molecule has 0 aliphatic heterocycles. The normalized spacial score (nSPS) is 23.4. The quantitative estimate of drug-likeness (QED) is 0.197. The first-order valence-corrected chi connectivity index (χ1v) is 15.7. The van der Waals surface area contributed by atoms with Crippen molar-refractivity contribution in [3.63, 3.8) is 0 Å². The van der Waals surface area contributed by atoms with Gasteiger partial charge in [-0.25, -0.2) is 4.39 Å². The minimum atomic E-state index is -0.103. The molecule has 2 fully saturated rings. The summed E-state index contributed by atoms with van der Waals surface area (Å²) in [7, 11) is 1.80. The molecule has 0 spiro atoms. The third-order valence-corrected chi connectivity index (χ3v) is 9.79. The molecule has 2 aromatic rings. The van der Waals surface area contributed by atoms with Crippen LogP contribution in [0.25, 0.3) is 11.1 Å². The van der Waals surface area contributed by atoms with E-state index in [4.69, 9.17) is 0 Å². The van der Waals surface area contributed by atoms with E-state index in [0.29, 0.717) is 18.0 Å². The highest BCUT2D eigenvalue weighted by Gasteiger charge is 2.31. The van der Waals surface area contributed by atoms with E-state index in [1.165, 1.54) is 94.3 Å². The van der Waals surface area contributed by atoms with Gasteiger partial charge in [-0.15, -0.1) is 0 Å². The van der Waals surface area contributed by atoms with Crippen molar-refractivity contribution in [2.45, 2.75) is 103 Å². The standard InChI is InChI=1S/C36H50FNO/c1-4-6-7-9-27-11-15-29(16-12-27)30-19-21-31(22-20-30)33-23-24-34(35(37)26-33)32-17-13-28(14-18-32)10-8-25-38(3)36(39)5-2/h5,13-14,17-18,23-24,26-27,29-31H,2,4,6-12,15-16,19-22,25H2,1,3H3. The number of unbranched alkanes of at least 4 members (excludes halogenated alkanes) is 2. The number of carbonyl (C=O) groups is 1. The van der Waals surface area contributed by atoms with E-state index in [-0.39, 0.29) is 11.7 Å². The summed E-state index contributed by atoms with van der Waals surface area (Å²) >= 11 is 0. The lowest BCUT2D eigenvalue weighted by Gasteiger charge is -2.38. The smallest absolute Gasteiger partial charge is 0.245 e. The number of likely N-dealkylation sites (N-methyl/N-ethyl adjacent to an activating group) is 1. The van der Waals surface area contributed by atoms with Crippen LogP contribution < -0.4 is 0 Å². The maximum absolute atomic E-state index is 15.3. The summed E-state index contributed by atoms with van der Waals surface area (Å²) in [5.74, 6) is 3.17. The Morgan fingerprint density at radius 2 is 1.59 bits per heavy atom. The molecule has 0 N–H and O–H groups in total. The van der Waals surface area contributed by atoms with Gasteiger partial charge in [-0.1, -0.05) is 88.4 Å². The van der Waals surface area contributed by atoms with Crippen LogP contribution in [0.1, 0.15) is 107 Å². The first kappa shape index (κ1) is 29.6. The number of amides is 1. The number of rotatable bonds is 12. The van der Waals surface area contributed by atoms with Crippen molar-refractivity contribution in [1.29, 1.82) is 0 Å². The summed E-state index contributed by atoms with van der Waals surface area (Å²) in [6.07, 6.45) is 19.6. The minimum Gasteiger partial charge on any atom is -0.342 e.